The van der Waals surface area contributed by atoms with E-state index in [-0.39, 0.29) is 5.41 Å². The predicted octanol–water partition coefficient (Wildman–Crippen LogP) is 2.06. The maximum absolute atomic E-state index is 5.63. The summed E-state index contributed by atoms with van der Waals surface area (Å²) >= 11 is 0. The zero-order valence-corrected chi connectivity index (χ0v) is 11.9. The second-order valence-electron chi connectivity index (χ2n) is 6.32. The first-order valence-electron chi connectivity index (χ1n) is 6.80. The van der Waals surface area contributed by atoms with Crippen molar-refractivity contribution in [2.75, 3.05) is 6.61 Å². The van der Waals surface area contributed by atoms with Crippen molar-refractivity contribution in [3.63, 3.8) is 0 Å². The summed E-state index contributed by atoms with van der Waals surface area (Å²) in [7, 11) is 0. The number of hydrogen-bond acceptors (Lipinski definition) is 3. The van der Waals surface area contributed by atoms with E-state index >= 15 is 0 Å². The summed E-state index contributed by atoms with van der Waals surface area (Å²) in [5, 5.41) is 3.77. The highest BCUT2D eigenvalue weighted by atomic mass is 16.5. The number of nitrogens with one attached hydrogen (secondary N) is 1. The predicted molar refractivity (Wildman–Crippen MR) is 72.4 cm³/mol. The van der Waals surface area contributed by atoms with Gasteiger partial charge in [-0.1, -0.05) is 20.8 Å². The topological polar surface area (TPSA) is 39.1 Å². The quantitative estimate of drug-likeness (QED) is 0.890. The standard InChI is InChI=1S/C14H25N3O/c1-11-12(5-8-18-11)16-13(14(2,3)4)9-17-7-6-15-10-17/h6-7,10-13,16H,5,8-9H2,1-4H3. The molecule has 0 bridgehead atoms. The molecule has 2 rings (SSSR count). The Morgan fingerprint density at radius 3 is 2.78 bits per heavy atom. The SMILES string of the molecule is CC1OCCC1NC(Cn1ccnc1)C(C)(C)C. The van der Waals surface area contributed by atoms with Gasteiger partial charge in [0, 0.05) is 37.6 Å². The Hall–Kier alpha value is -0.870. The Bertz CT molecular complexity index is 356. The van der Waals surface area contributed by atoms with Crippen LogP contribution < -0.4 is 5.32 Å². The third kappa shape index (κ3) is 3.33. The molecule has 0 spiro atoms. The van der Waals surface area contributed by atoms with Crippen LogP contribution in [-0.4, -0.2) is 34.3 Å². The normalized spacial score (nSPS) is 26.4. The molecule has 0 amide bonds. The van der Waals surface area contributed by atoms with E-state index in [1.54, 1.807) is 0 Å². The van der Waals surface area contributed by atoms with Crippen molar-refractivity contribution >= 4 is 0 Å². The van der Waals surface area contributed by atoms with Crippen molar-refractivity contribution in [3.8, 4) is 0 Å². The number of imidazole rings is 1. The number of nitrogens with zero attached hydrogens (tertiary/aromatic N) is 2. The van der Waals surface area contributed by atoms with Gasteiger partial charge in [0.1, 0.15) is 0 Å². The molecule has 1 fully saturated rings. The minimum Gasteiger partial charge on any atom is -0.377 e. The van der Waals surface area contributed by atoms with Gasteiger partial charge in [-0.2, -0.15) is 0 Å². The van der Waals surface area contributed by atoms with Gasteiger partial charge in [-0.25, -0.2) is 4.98 Å². The van der Waals surface area contributed by atoms with E-state index in [2.05, 4.69) is 42.6 Å². The third-order valence-electron chi connectivity index (χ3n) is 3.79. The molecular weight excluding hydrogens is 226 g/mol. The van der Waals surface area contributed by atoms with Gasteiger partial charge in [-0.15, -0.1) is 0 Å². The number of hydrogen-bond donors (Lipinski definition) is 1. The average molecular weight is 251 g/mol. The second-order valence-corrected chi connectivity index (χ2v) is 6.32. The minimum absolute atomic E-state index is 0.215. The molecule has 4 heteroatoms. The number of rotatable bonds is 4. The largest absolute Gasteiger partial charge is 0.377 e. The lowest BCUT2D eigenvalue weighted by Gasteiger charge is -2.35. The summed E-state index contributed by atoms with van der Waals surface area (Å²) in [5.74, 6) is 0. The number of ether oxygens (including phenoxy) is 1. The fraction of sp³-hybridized carbons (Fsp3) is 0.786. The van der Waals surface area contributed by atoms with Crippen LogP contribution in [0, 0.1) is 5.41 Å². The molecule has 3 unspecified atom stereocenters. The summed E-state index contributed by atoms with van der Waals surface area (Å²) in [4.78, 5) is 4.11. The molecule has 4 nitrogen and oxygen atoms in total. The molecule has 1 aromatic heterocycles. The van der Waals surface area contributed by atoms with Crippen LogP contribution in [-0.2, 0) is 11.3 Å². The molecule has 1 saturated heterocycles. The van der Waals surface area contributed by atoms with Gasteiger partial charge in [0.15, 0.2) is 0 Å². The Kier molecular flexibility index (Phi) is 4.07. The van der Waals surface area contributed by atoms with E-state index in [9.17, 15) is 0 Å². The highest BCUT2D eigenvalue weighted by Crippen LogP contribution is 2.23. The van der Waals surface area contributed by atoms with Crippen LogP contribution >= 0.6 is 0 Å². The van der Waals surface area contributed by atoms with Crippen molar-refractivity contribution in [2.45, 2.75) is 58.8 Å². The molecule has 0 saturated carbocycles. The molecule has 2 heterocycles. The number of aromatic nitrogens is 2. The second kappa shape index (κ2) is 5.41. The van der Waals surface area contributed by atoms with Crippen LogP contribution in [0.1, 0.15) is 34.1 Å². The van der Waals surface area contributed by atoms with E-state index in [0.717, 1.165) is 19.6 Å². The Balaban J connectivity index is 2.01. The lowest BCUT2D eigenvalue weighted by atomic mass is 9.85. The highest BCUT2D eigenvalue weighted by Gasteiger charge is 2.31. The van der Waals surface area contributed by atoms with Crippen molar-refractivity contribution in [1.82, 2.24) is 14.9 Å². The van der Waals surface area contributed by atoms with Gasteiger partial charge in [-0.05, 0) is 18.8 Å². The van der Waals surface area contributed by atoms with Gasteiger partial charge in [-0.3, -0.25) is 0 Å². The molecule has 0 aromatic carbocycles. The molecule has 1 aromatic rings. The first-order valence-corrected chi connectivity index (χ1v) is 6.80. The Labute approximate surface area is 110 Å². The first-order chi connectivity index (χ1) is 8.47. The van der Waals surface area contributed by atoms with Gasteiger partial charge < -0.3 is 14.6 Å². The van der Waals surface area contributed by atoms with E-state index in [1.165, 1.54) is 0 Å². The molecule has 0 aliphatic carbocycles. The molecule has 102 valence electrons. The van der Waals surface area contributed by atoms with Crippen LogP contribution in [0.4, 0.5) is 0 Å². The van der Waals surface area contributed by atoms with Crippen molar-refractivity contribution < 1.29 is 4.74 Å². The zero-order valence-electron chi connectivity index (χ0n) is 11.9. The Morgan fingerprint density at radius 2 is 2.28 bits per heavy atom. The van der Waals surface area contributed by atoms with E-state index < -0.39 is 0 Å². The van der Waals surface area contributed by atoms with E-state index in [0.29, 0.717) is 18.2 Å². The van der Waals surface area contributed by atoms with Crippen LogP contribution in [0.15, 0.2) is 18.7 Å². The van der Waals surface area contributed by atoms with Gasteiger partial charge in [0.05, 0.1) is 12.4 Å². The van der Waals surface area contributed by atoms with Crippen molar-refractivity contribution in [3.05, 3.63) is 18.7 Å². The summed E-state index contributed by atoms with van der Waals surface area (Å²) in [6, 6.07) is 0.888. The summed E-state index contributed by atoms with van der Waals surface area (Å²) < 4.78 is 7.77. The Morgan fingerprint density at radius 1 is 1.50 bits per heavy atom. The maximum atomic E-state index is 5.63. The van der Waals surface area contributed by atoms with E-state index in [4.69, 9.17) is 4.74 Å². The van der Waals surface area contributed by atoms with Gasteiger partial charge in [0.25, 0.3) is 0 Å². The smallest absolute Gasteiger partial charge is 0.0946 e. The molecule has 1 N–H and O–H groups in total. The molecule has 18 heavy (non-hydrogen) atoms. The maximum Gasteiger partial charge on any atom is 0.0946 e. The summed E-state index contributed by atoms with van der Waals surface area (Å²) in [6.07, 6.45) is 7.17. The molecule has 0 radical (unpaired) electrons. The minimum atomic E-state index is 0.215. The first kappa shape index (κ1) is 13.6. The molecular formula is C14H25N3O. The van der Waals surface area contributed by atoms with Crippen molar-refractivity contribution in [1.29, 1.82) is 0 Å². The van der Waals surface area contributed by atoms with Gasteiger partial charge >= 0.3 is 0 Å². The monoisotopic (exact) mass is 251 g/mol. The molecule has 3 atom stereocenters. The summed E-state index contributed by atoms with van der Waals surface area (Å²) in [6.45, 7) is 10.8. The fourth-order valence-electron chi connectivity index (χ4n) is 2.39. The molecule has 1 aliphatic heterocycles. The van der Waals surface area contributed by atoms with Crippen LogP contribution in [0.2, 0.25) is 0 Å². The van der Waals surface area contributed by atoms with E-state index in [1.807, 2.05) is 18.7 Å². The van der Waals surface area contributed by atoms with Crippen LogP contribution in [0.3, 0.4) is 0 Å². The highest BCUT2D eigenvalue weighted by molar-refractivity contribution is 4.89. The fourth-order valence-corrected chi connectivity index (χ4v) is 2.39. The molecule has 1 aliphatic rings. The zero-order chi connectivity index (χ0) is 13.2. The van der Waals surface area contributed by atoms with Gasteiger partial charge in [0.2, 0.25) is 0 Å². The third-order valence-corrected chi connectivity index (χ3v) is 3.79. The average Bonchev–Trinajstić information content (AvgIpc) is 2.89. The summed E-state index contributed by atoms with van der Waals surface area (Å²) in [5.41, 5.74) is 0.215. The lowest BCUT2D eigenvalue weighted by Crippen LogP contribution is -2.50. The van der Waals surface area contributed by atoms with Crippen LogP contribution in [0.25, 0.3) is 0 Å². The lowest BCUT2D eigenvalue weighted by molar-refractivity contribution is 0.103. The van der Waals surface area contributed by atoms with Crippen molar-refractivity contribution in [2.24, 2.45) is 5.41 Å². The van der Waals surface area contributed by atoms with Crippen LogP contribution in [0.5, 0.6) is 0 Å².